The van der Waals surface area contributed by atoms with Crippen molar-refractivity contribution >= 4 is 27.5 Å². The molecule has 6 nitrogen and oxygen atoms in total. The Morgan fingerprint density at radius 2 is 2.33 bits per heavy atom. The Kier molecular flexibility index (Phi) is 3.93. The van der Waals surface area contributed by atoms with E-state index in [1.54, 1.807) is 35.3 Å². The van der Waals surface area contributed by atoms with Crippen LogP contribution in [0.4, 0.5) is 5.69 Å². The van der Waals surface area contributed by atoms with Gasteiger partial charge in [0.15, 0.2) is 0 Å². The summed E-state index contributed by atoms with van der Waals surface area (Å²) in [6.07, 6.45) is 3.33. The van der Waals surface area contributed by atoms with Crippen molar-refractivity contribution in [3.63, 3.8) is 0 Å². The minimum atomic E-state index is -0.158. The summed E-state index contributed by atoms with van der Waals surface area (Å²) in [6, 6.07) is 5.10. The van der Waals surface area contributed by atoms with Crippen molar-refractivity contribution in [2.24, 2.45) is 0 Å². The Hall–Kier alpha value is -1.89. The quantitative estimate of drug-likeness (QED) is 0.827. The SMILES string of the molecule is Nc1cc(C(=O)NCCn2ccnn2)ccc1Br. The lowest BCUT2D eigenvalue weighted by atomic mass is 10.2. The van der Waals surface area contributed by atoms with Crippen LogP contribution in [0.3, 0.4) is 0 Å². The van der Waals surface area contributed by atoms with Gasteiger partial charge in [-0.05, 0) is 34.1 Å². The maximum absolute atomic E-state index is 11.8. The first-order chi connectivity index (χ1) is 8.66. The summed E-state index contributed by atoms with van der Waals surface area (Å²) in [5.74, 6) is -0.158. The van der Waals surface area contributed by atoms with Gasteiger partial charge in [0.05, 0.1) is 12.7 Å². The molecule has 1 amide bonds. The second kappa shape index (κ2) is 5.63. The normalized spacial score (nSPS) is 10.3. The monoisotopic (exact) mass is 309 g/mol. The van der Waals surface area contributed by atoms with Gasteiger partial charge in [0, 0.05) is 28.5 Å². The number of hydrogen-bond donors (Lipinski definition) is 2. The topological polar surface area (TPSA) is 85.8 Å². The molecule has 18 heavy (non-hydrogen) atoms. The Balaban J connectivity index is 1.89. The summed E-state index contributed by atoms with van der Waals surface area (Å²) in [7, 11) is 0. The van der Waals surface area contributed by atoms with Crippen molar-refractivity contribution in [1.29, 1.82) is 0 Å². The van der Waals surface area contributed by atoms with Crippen LogP contribution in [0.1, 0.15) is 10.4 Å². The van der Waals surface area contributed by atoms with Crippen LogP contribution in [0.15, 0.2) is 35.1 Å². The standard InChI is InChI=1S/C11H12BrN5O/c12-9-2-1-8(7-10(9)13)11(18)14-3-5-17-6-4-15-16-17/h1-2,4,6-7H,3,5,13H2,(H,14,18). The number of nitrogens with one attached hydrogen (secondary N) is 1. The molecule has 0 saturated heterocycles. The van der Waals surface area contributed by atoms with Crippen LogP contribution in [-0.4, -0.2) is 27.4 Å². The molecule has 0 atom stereocenters. The van der Waals surface area contributed by atoms with E-state index in [-0.39, 0.29) is 5.91 Å². The van der Waals surface area contributed by atoms with Crippen LogP contribution in [-0.2, 0) is 6.54 Å². The summed E-state index contributed by atoms with van der Waals surface area (Å²) in [4.78, 5) is 11.8. The summed E-state index contributed by atoms with van der Waals surface area (Å²) in [5.41, 5.74) is 6.79. The molecule has 0 aliphatic rings. The molecule has 7 heteroatoms. The van der Waals surface area contributed by atoms with Gasteiger partial charge in [0.2, 0.25) is 0 Å². The molecule has 0 unspecified atom stereocenters. The molecular weight excluding hydrogens is 298 g/mol. The molecule has 0 fully saturated rings. The third-order valence-corrected chi connectivity index (χ3v) is 3.08. The Morgan fingerprint density at radius 3 is 3.00 bits per heavy atom. The van der Waals surface area contributed by atoms with E-state index < -0.39 is 0 Å². The largest absolute Gasteiger partial charge is 0.398 e. The summed E-state index contributed by atoms with van der Waals surface area (Å²) < 4.78 is 2.43. The molecule has 0 bridgehead atoms. The van der Waals surface area contributed by atoms with Gasteiger partial charge >= 0.3 is 0 Å². The molecule has 2 rings (SSSR count). The highest BCUT2D eigenvalue weighted by Gasteiger charge is 2.06. The number of halogens is 1. The van der Waals surface area contributed by atoms with Crippen LogP contribution < -0.4 is 11.1 Å². The molecule has 2 aromatic rings. The van der Waals surface area contributed by atoms with E-state index >= 15 is 0 Å². The first kappa shape index (κ1) is 12.6. The van der Waals surface area contributed by atoms with E-state index in [9.17, 15) is 4.79 Å². The minimum absolute atomic E-state index is 0.158. The Bertz CT molecular complexity index is 540. The average Bonchev–Trinajstić information content (AvgIpc) is 2.85. The first-order valence-electron chi connectivity index (χ1n) is 5.34. The maximum atomic E-state index is 11.8. The van der Waals surface area contributed by atoms with Crippen LogP contribution in [0, 0.1) is 0 Å². The molecule has 0 spiro atoms. The second-order valence-electron chi connectivity index (χ2n) is 3.66. The van der Waals surface area contributed by atoms with Gasteiger partial charge in [-0.15, -0.1) is 5.10 Å². The fraction of sp³-hybridized carbons (Fsp3) is 0.182. The molecular formula is C11H12BrN5O. The number of amides is 1. The number of benzene rings is 1. The van der Waals surface area contributed by atoms with Crippen molar-refractivity contribution in [3.8, 4) is 0 Å². The van der Waals surface area contributed by atoms with E-state index in [0.717, 1.165) is 4.47 Å². The van der Waals surface area contributed by atoms with Crippen LogP contribution in [0.2, 0.25) is 0 Å². The molecule has 94 valence electrons. The first-order valence-corrected chi connectivity index (χ1v) is 6.13. The fourth-order valence-electron chi connectivity index (χ4n) is 1.42. The lowest BCUT2D eigenvalue weighted by Crippen LogP contribution is -2.27. The highest BCUT2D eigenvalue weighted by Crippen LogP contribution is 2.19. The second-order valence-corrected chi connectivity index (χ2v) is 4.51. The lowest BCUT2D eigenvalue weighted by Gasteiger charge is -2.06. The summed E-state index contributed by atoms with van der Waals surface area (Å²) in [6.45, 7) is 1.07. The van der Waals surface area contributed by atoms with Gasteiger partial charge in [-0.2, -0.15) is 0 Å². The number of nitrogens with zero attached hydrogens (tertiary/aromatic N) is 3. The van der Waals surface area contributed by atoms with Crippen LogP contribution in [0.25, 0.3) is 0 Å². The van der Waals surface area contributed by atoms with Crippen molar-refractivity contribution in [2.75, 3.05) is 12.3 Å². The van der Waals surface area contributed by atoms with E-state index in [0.29, 0.717) is 24.3 Å². The molecule has 0 aliphatic carbocycles. The smallest absolute Gasteiger partial charge is 0.251 e. The van der Waals surface area contributed by atoms with Crippen LogP contribution >= 0.6 is 15.9 Å². The van der Waals surface area contributed by atoms with Gasteiger partial charge in [-0.3, -0.25) is 9.48 Å². The number of rotatable bonds is 4. The Labute approximate surface area is 112 Å². The molecule has 0 saturated carbocycles. The number of carbonyl (C=O) groups is 1. The third kappa shape index (κ3) is 3.07. The maximum Gasteiger partial charge on any atom is 0.251 e. The predicted octanol–water partition coefficient (Wildman–Crippen LogP) is 1.05. The van der Waals surface area contributed by atoms with Crippen LogP contribution in [0.5, 0.6) is 0 Å². The van der Waals surface area contributed by atoms with E-state index in [4.69, 9.17) is 5.73 Å². The lowest BCUT2D eigenvalue weighted by molar-refractivity contribution is 0.0952. The number of carbonyl (C=O) groups excluding carboxylic acids is 1. The minimum Gasteiger partial charge on any atom is -0.398 e. The van der Waals surface area contributed by atoms with E-state index in [1.807, 2.05) is 0 Å². The van der Waals surface area contributed by atoms with Gasteiger partial charge in [-0.1, -0.05) is 5.21 Å². The molecule has 1 heterocycles. The zero-order valence-electron chi connectivity index (χ0n) is 9.51. The average molecular weight is 310 g/mol. The van der Waals surface area contributed by atoms with Crippen molar-refractivity contribution < 1.29 is 4.79 Å². The van der Waals surface area contributed by atoms with Gasteiger partial charge in [0.1, 0.15) is 0 Å². The van der Waals surface area contributed by atoms with E-state index in [2.05, 4.69) is 31.6 Å². The number of nitrogens with two attached hydrogens (primary N) is 1. The third-order valence-electron chi connectivity index (χ3n) is 2.36. The summed E-state index contributed by atoms with van der Waals surface area (Å²) in [5, 5.41) is 10.3. The highest BCUT2D eigenvalue weighted by molar-refractivity contribution is 9.10. The fourth-order valence-corrected chi connectivity index (χ4v) is 1.67. The van der Waals surface area contributed by atoms with Gasteiger partial charge < -0.3 is 11.1 Å². The zero-order valence-corrected chi connectivity index (χ0v) is 11.1. The number of anilines is 1. The molecule has 0 radical (unpaired) electrons. The molecule has 0 aliphatic heterocycles. The van der Waals surface area contributed by atoms with Crippen molar-refractivity contribution in [1.82, 2.24) is 20.3 Å². The van der Waals surface area contributed by atoms with Crippen molar-refractivity contribution in [2.45, 2.75) is 6.54 Å². The zero-order chi connectivity index (χ0) is 13.0. The number of hydrogen-bond acceptors (Lipinski definition) is 4. The predicted molar refractivity (Wildman–Crippen MR) is 70.9 cm³/mol. The van der Waals surface area contributed by atoms with Gasteiger partial charge in [-0.25, -0.2) is 0 Å². The molecule has 1 aromatic carbocycles. The number of nitrogen functional groups attached to an aromatic ring is 1. The Morgan fingerprint density at radius 1 is 1.50 bits per heavy atom. The highest BCUT2D eigenvalue weighted by atomic mass is 79.9. The summed E-state index contributed by atoms with van der Waals surface area (Å²) >= 11 is 3.28. The van der Waals surface area contributed by atoms with Crippen molar-refractivity contribution in [3.05, 3.63) is 40.6 Å². The van der Waals surface area contributed by atoms with E-state index in [1.165, 1.54) is 0 Å². The molecule has 3 N–H and O–H groups in total. The number of aromatic nitrogens is 3. The van der Waals surface area contributed by atoms with Gasteiger partial charge in [0.25, 0.3) is 5.91 Å². The molecule has 1 aromatic heterocycles.